The number of nitrogens with one attached hydrogen (secondary N) is 2. The molecular formula is C15H14N2O3. The van der Waals surface area contributed by atoms with E-state index in [4.69, 9.17) is 4.74 Å². The van der Waals surface area contributed by atoms with Crippen molar-refractivity contribution >= 4 is 11.0 Å². The minimum absolute atomic E-state index is 0.256. The summed E-state index contributed by atoms with van der Waals surface area (Å²) in [6.07, 6.45) is -0.770. The molecular weight excluding hydrogens is 256 g/mol. The molecule has 0 bridgehead atoms. The molecule has 0 fully saturated rings. The first kappa shape index (κ1) is 12.5. The number of H-pyrrole nitrogens is 2. The van der Waals surface area contributed by atoms with E-state index >= 15 is 0 Å². The number of hydrogen-bond donors (Lipinski definition) is 3. The Balaban J connectivity index is 2.02. The highest BCUT2D eigenvalue weighted by Gasteiger charge is 2.12. The molecule has 5 nitrogen and oxygen atoms in total. The summed E-state index contributed by atoms with van der Waals surface area (Å²) in [5, 5.41) is 10.4. The van der Waals surface area contributed by atoms with Crippen LogP contribution in [-0.4, -0.2) is 22.2 Å². The smallest absolute Gasteiger partial charge is 0.323 e. The second kappa shape index (κ2) is 4.86. The summed E-state index contributed by atoms with van der Waals surface area (Å²) in [6, 6.07) is 12.6. The van der Waals surface area contributed by atoms with Gasteiger partial charge in [0, 0.05) is 0 Å². The van der Waals surface area contributed by atoms with Crippen molar-refractivity contribution in [3.8, 4) is 5.75 Å². The quantitative estimate of drug-likeness (QED) is 0.680. The van der Waals surface area contributed by atoms with Gasteiger partial charge in [0.15, 0.2) is 0 Å². The van der Waals surface area contributed by atoms with Crippen molar-refractivity contribution in [2.45, 2.75) is 6.10 Å². The van der Waals surface area contributed by atoms with E-state index in [9.17, 15) is 9.90 Å². The first-order chi connectivity index (χ1) is 9.67. The molecule has 0 saturated carbocycles. The molecule has 1 heterocycles. The van der Waals surface area contributed by atoms with Gasteiger partial charge in [0.2, 0.25) is 0 Å². The number of ether oxygens (including phenoxy) is 1. The predicted octanol–water partition coefficient (Wildman–Crippen LogP) is 1.95. The van der Waals surface area contributed by atoms with E-state index in [2.05, 4.69) is 9.97 Å². The lowest BCUT2D eigenvalue weighted by Gasteiger charge is -2.12. The van der Waals surface area contributed by atoms with Crippen LogP contribution in [-0.2, 0) is 0 Å². The number of methoxy groups -OCH3 is 1. The zero-order chi connectivity index (χ0) is 14.1. The van der Waals surface area contributed by atoms with E-state index in [0.717, 1.165) is 11.1 Å². The fourth-order valence-electron chi connectivity index (χ4n) is 2.22. The normalized spacial score (nSPS) is 12.5. The third kappa shape index (κ3) is 2.19. The van der Waals surface area contributed by atoms with E-state index in [-0.39, 0.29) is 5.69 Å². The Kier molecular flexibility index (Phi) is 3.04. The van der Waals surface area contributed by atoms with E-state index in [1.165, 1.54) is 0 Å². The summed E-state index contributed by atoms with van der Waals surface area (Å²) < 4.78 is 5.15. The molecule has 0 saturated heterocycles. The molecule has 0 aliphatic rings. The number of aromatic nitrogens is 2. The zero-order valence-corrected chi connectivity index (χ0v) is 10.9. The van der Waals surface area contributed by atoms with Crippen LogP contribution in [0.15, 0.2) is 47.3 Å². The standard InChI is InChI=1S/C15H14N2O3/c1-20-11-4-2-3-9(7-11)14(18)10-5-6-12-13(8-10)17-15(19)16-12/h2-8,14,18H,1H3,(H2,16,17,19). The fourth-order valence-corrected chi connectivity index (χ4v) is 2.22. The SMILES string of the molecule is COc1cccc(C(O)c2ccc3[nH]c(=O)[nH]c3c2)c1. The molecule has 102 valence electrons. The van der Waals surface area contributed by atoms with Gasteiger partial charge in [0.1, 0.15) is 11.9 Å². The maximum Gasteiger partial charge on any atom is 0.323 e. The van der Waals surface area contributed by atoms with Gasteiger partial charge in [-0.3, -0.25) is 0 Å². The van der Waals surface area contributed by atoms with Gasteiger partial charge in [-0.05, 0) is 35.4 Å². The van der Waals surface area contributed by atoms with Crippen LogP contribution < -0.4 is 10.4 Å². The van der Waals surface area contributed by atoms with Crippen molar-refractivity contribution in [3.63, 3.8) is 0 Å². The number of aromatic amines is 2. The Morgan fingerprint density at radius 2 is 1.80 bits per heavy atom. The average molecular weight is 270 g/mol. The second-order valence-electron chi connectivity index (χ2n) is 4.56. The molecule has 2 aromatic carbocycles. The Bertz CT molecular complexity index is 804. The van der Waals surface area contributed by atoms with Crippen LogP contribution >= 0.6 is 0 Å². The van der Waals surface area contributed by atoms with Gasteiger partial charge in [0.25, 0.3) is 0 Å². The molecule has 0 spiro atoms. The highest BCUT2D eigenvalue weighted by molar-refractivity contribution is 5.75. The first-order valence-corrected chi connectivity index (χ1v) is 6.21. The number of aliphatic hydroxyl groups is 1. The minimum atomic E-state index is -0.770. The van der Waals surface area contributed by atoms with Crippen LogP contribution in [0, 0.1) is 0 Å². The Labute approximate surface area is 114 Å². The summed E-state index contributed by atoms with van der Waals surface area (Å²) in [4.78, 5) is 16.6. The predicted molar refractivity (Wildman–Crippen MR) is 76.0 cm³/mol. The van der Waals surface area contributed by atoms with Crippen LogP contribution in [0.1, 0.15) is 17.2 Å². The largest absolute Gasteiger partial charge is 0.497 e. The molecule has 5 heteroatoms. The summed E-state index contributed by atoms with van der Waals surface area (Å²) in [5.74, 6) is 0.692. The lowest BCUT2D eigenvalue weighted by atomic mass is 10.0. The van der Waals surface area contributed by atoms with E-state index in [0.29, 0.717) is 16.8 Å². The van der Waals surface area contributed by atoms with E-state index in [1.54, 1.807) is 31.4 Å². The fraction of sp³-hybridized carbons (Fsp3) is 0.133. The number of fused-ring (bicyclic) bond motifs is 1. The minimum Gasteiger partial charge on any atom is -0.497 e. The van der Waals surface area contributed by atoms with Crippen LogP contribution in [0.25, 0.3) is 11.0 Å². The number of imidazole rings is 1. The summed E-state index contributed by atoms with van der Waals surface area (Å²) in [6.45, 7) is 0. The zero-order valence-electron chi connectivity index (χ0n) is 10.9. The van der Waals surface area contributed by atoms with Gasteiger partial charge in [-0.1, -0.05) is 18.2 Å². The molecule has 1 atom stereocenters. The highest BCUT2D eigenvalue weighted by atomic mass is 16.5. The van der Waals surface area contributed by atoms with Gasteiger partial charge in [-0.15, -0.1) is 0 Å². The Morgan fingerprint density at radius 3 is 2.60 bits per heavy atom. The van der Waals surface area contributed by atoms with Crippen LogP contribution in [0.2, 0.25) is 0 Å². The number of aliphatic hydroxyl groups excluding tert-OH is 1. The van der Waals surface area contributed by atoms with Crippen LogP contribution in [0.3, 0.4) is 0 Å². The number of rotatable bonds is 3. The highest BCUT2D eigenvalue weighted by Crippen LogP contribution is 2.26. The molecule has 3 aromatic rings. The Hall–Kier alpha value is -2.53. The molecule has 3 N–H and O–H groups in total. The van der Waals surface area contributed by atoms with Gasteiger partial charge in [-0.25, -0.2) is 4.79 Å². The van der Waals surface area contributed by atoms with Crippen molar-refractivity contribution in [3.05, 3.63) is 64.1 Å². The molecule has 1 aromatic heterocycles. The maximum absolute atomic E-state index is 11.2. The first-order valence-electron chi connectivity index (χ1n) is 6.21. The van der Waals surface area contributed by atoms with Gasteiger partial charge in [-0.2, -0.15) is 0 Å². The van der Waals surface area contributed by atoms with E-state index in [1.807, 2.05) is 18.2 Å². The molecule has 0 aliphatic heterocycles. The molecule has 3 rings (SSSR count). The lowest BCUT2D eigenvalue weighted by molar-refractivity contribution is 0.220. The molecule has 20 heavy (non-hydrogen) atoms. The topological polar surface area (TPSA) is 78.1 Å². The monoisotopic (exact) mass is 270 g/mol. The van der Waals surface area contributed by atoms with E-state index < -0.39 is 6.10 Å². The van der Waals surface area contributed by atoms with Gasteiger partial charge in [0.05, 0.1) is 18.1 Å². The second-order valence-corrected chi connectivity index (χ2v) is 4.56. The van der Waals surface area contributed by atoms with Crippen molar-refractivity contribution < 1.29 is 9.84 Å². The maximum atomic E-state index is 11.2. The van der Waals surface area contributed by atoms with Gasteiger partial charge >= 0.3 is 5.69 Å². The number of benzene rings is 2. The average Bonchev–Trinajstić information content (AvgIpc) is 2.85. The third-order valence-corrected chi connectivity index (χ3v) is 3.27. The molecule has 0 radical (unpaired) electrons. The molecule has 0 amide bonds. The van der Waals surface area contributed by atoms with Gasteiger partial charge < -0.3 is 19.8 Å². The van der Waals surface area contributed by atoms with Crippen molar-refractivity contribution in [1.82, 2.24) is 9.97 Å². The summed E-state index contributed by atoms with van der Waals surface area (Å²) in [5.41, 5.74) is 2.58. The number of hydrogen-bond acceptors (Lipinski definition) is 3. The van der Waals surface area contributed by atoms with Crippen LogP contribution in [0.4, 0.5) is 0 Å². The van der Waals surface area contributed by atoms with Crippen molar-refractivity contribution in [2.75, 3.05) is 7.11 Å². The lowest BCUT2D eigenvalue weighted by Crippen LogP contribution is -2.00. The van der Waals surface area contributed by atoms with Crippen LogP contribution in [0.5, 0.6) is 5.75 Å². The molecule has 1 unspecified atom stereocenters. The summed E-state index contributed by atoms with van der Waals surface area (Å²) in [7, 11) is 1.59. The summed E-state index contributed by atoms with van der Waals surface area (Å²) >= 11 is 0. The molecule has 0 aliphatic carbocycles. The van der Waals surface area contributed by atoms with Crippen molar-refractivity contribution in [2.24, 2.45) is 0 Å². The Morgan fingerprint density at radius 1 is 1.05 bits per heavy atom. The third-order valence-electron chi connectivity index (χ3n) is 3.27. The van der Waals surface area contributed by atoms with Crippen molar-refractivity contribution in [1.29, 1.82) is 0 Å².